The van der Waals surface area contributed by atoms with Crippen molar-refractivity contribution in [3.05, 3.63) is 42.5 Å². The van der Waals surface area contributed by atoms with Crippen LogP contribution in [0.15, 0.2) is 47.4 Å². The molecule has 1 fully saturated rings. The highest BCUT2D eigenvalue weighted by Gasteiger charge is 2.27. The van der Waals surface area contributed by atoms with E-state index in [9.17, 15) is 13.2 Å². The Kier molecular flexibility index (Phi) is 6.57. The maximum atomic E-state index is 12.9. The number of methoxy groups -OCH3 is 2. The van der Waals surface area contributed by atoms with Crippen molar-refractivity contribution >= 4 is 27.4 Å². The van der Waals surface area contributed by atoms with Gasteiger partial charge in [-0.1, -0.05) is 12.1 Å². The molecule has 9 nitrogen and oxygen atoms in total. The molecule has 1 aliphatic heterocycles. The van der Waals surface area contributed by atoms with Crippen LogP contribution in [-0.4, -0.2) is 59.3 Å². The van der Waals surface area contributed by atoms with Gasteiger partial charge in [0.1, 0.15) is 11.5 Å². The second kappa shape index (κ2) is 9.12. The smallest absolute Gasteiger partial charge is 0.323 e. The van der Waals surface area contributed by atoms with Gasteiger partial charge in [-0.25, -0.2) is 13.2 Å². The van der Waals surface area contributed by atoms with E-state index in [2.05, 4.69) is 10.6 Å². The first-order valence-corrected chi connectivity index (χ1v) is 10.4. The van der Waals surface area contributed by atoms with Crippen molar-refractivity contribution in [2.24, 2.45) is 0 Å². The second-order valence-corrected chi connectivity index (χ2v) is 8.10. The van der Waals surface area contributed by atoms with Gasteiger partial charge in [0, 0.05) is 13.1 Å². The Hall–Kier alpha value is -2.82. The van der Waals surface area contributed by atoms with Gasteiger partial charge in [-0.05, 0) is 30.3 Å². The number of carbonyl (C=O) groups excluding carboxylic acids is 1. The van der Waals surface area contributed by atoms with Crippen LogP contribution in [-0.2, 0) is 14.8 Å². The summed E-state index contributed by atoms with van der Waals surface area (Å²) < 4.78 is 42.8. The van der Waals surface area contributed by atoms with Crippen LogP contribution < -0.4 is 20.1 Å². The summed E-state index contributed by atoms with van der Waals surface area (Å²) in [7, 11) is -0.768. The first-order valence-electron chi connectivity index (χ1n) is 8.92. The summed E-state index contributed by atoms with van der Waals surface area (Å²) >= 11 is 0. The summed E-state index contributed by atoms with van der Waals surface area (Å²) in [5, 5.41) is 5.31. The lowest BCUT2D eigenvalue weighted by atomic mass is 10.3. The van der Waals surface area contributed by atoms with E-state index in [1.165, 1.54) is 36.7 Å². The Labute approximate surface area is 169 Å². The first kappa shape index (κ1) is 20.9. The number of hydrogen-bond acceptors (Lipinski definition) is 6. The Balaban J connectivity index is 1.82. The number of amides is 2. The van der Waals surface area contributed by atoms with Gasteiger partial charge in [0.25, 0.3) is 0 Å². The minimum absolute atomic E-state index is 0.0628. The lowest BCUT2D eigenvalue weighted by Crippen LogP contribution is -2.40. The van der Waals surface area contributed by atoms with Crippen LogP contribution in [0, 0.1) is 0 Å². The Morgan fingerprint density at radius 1 is 0.966 bits per heavy atom. The zero-order valence-electron chi connectivity index (χ0n) is 16.2. The molecule has 2 aromatic rings. The third-order valence-corrected chi connectivity index (χ3v) is 6.28. The van der Waals surface area contributed by atoms with Gasteiger partial charge in [-0.3, -0.25) is 0 Å². The highest BCUT2D eigenvalue weighted by atomic mass is 32.2. The molecule has 29 heavy (non-hydrogen) atoms. The molecule has 0 spiro atoms. The average molecular weight is 421 g/mol. The van der Waals surface area contributed by atoms with Gasteiger partial charge >= 0.3 is 6.03 Å². The number of nitrogens with zero attached hydrogens (tertiary/aromatic N) is 1. The second-order valence-electron chi connectivity index (χ2n) is 6.16. The molecule has 0 saturated carbocycles. The number of para-hydroxylation sites is 2. The molecule has 10 heteroatoms. The third kappa shape index (κ3) is 4.78. The highest BCUT2D eigenvalue weighted by Crippen LogP contribution is 2.30. The number of morpholine rings is 1. The highest BCUT2D eigenvalue weighted by molar-refractivity contribution is 7.89. The van der Waals surface area contributed by atoms with Crippen LogP contribution in [0.3, 0.4) is 0 Å². The van der Waals surface area contributed by atoms with Crippen LogP contribution in [0.1, 0.15) is 0 Å². The topological polar surface area (TPSA) is 106 Å². The average Bonchev–Trinajstić information content (AvgIpc) is 2.74. The van der Waals surface area contributed by atoms with E-state index in [0.29, 0.717) is 30.4 Å². The molecule has 0 atom stereocenters. The lowest BCUT2D eigenvalue weighted by molar-refractivity contribution is 0.0730. The summed E-state index contributed by atoms with van der Waals surface area (Å²) in [5.41, 5.74) is 0.706. The number of rotatable bonds is 6. The maximum absolute atomic E-state index is 12.9. The van der Waals surface area contributed by atoms with Crippen molar-refractivity contribution in [1.29, 1.82) is 0 Å². The number of carbonyl (C=O) groups is 1. The monoisotopic (exact) mass is 421 g/mol. The van der Waals surface area contributed by atoms with E-state index in [1.807, 2.05) is 0 Å². The van der Waals surface area contributed by atoms with Crippen LogP contribution in [0.5, 0.6) is 11.5 Å². The number of hydrogen-bond donors (Lipinski definition) is 2. The number of sulfonamides is 1. The minimum atomic E-state index is -3.71. The molecule has 0 bridgehead atoms. The summed E-state index contributed by atoms with van der Waals surface area (Å²) in [4.78, 5) is 12.5. The van der Waals surface area contributed by atoms with Crippen LogP contribution in [0.4, 0.5) is 16.2 Å². The molecule has 0 radical (unpaired) electrons. The van der Waals surface area contributed by atoms with Gasteiger partial charge < -0.3 is 24.8 Å². The summed E-state index contributed by atoms with van der Waals surface area (Å²) in [6.45, 7) is 1.26. The van der Waals surface area contributed by atoms with Crippen molar-refractivity contribution in [2.75, 3.05) is 51.2 Å². The van der Waals surface area contributed by atoms with Gasteiger partial charge in [0.2, 0.25) is 10.0 Å². The van der Waals surface area contributed by atoms with Crippen molar-refractivity contribution < 1.29 is 27.4 Å². The maximum Gasteiger partial charge on any atom is 0.323 e. The quantitative estimate of drug-likeness (QED) is 0.742. The summed E-state index contributed by atoms with van der Waals surface area (Å²) in [5.74, 6) is 0.833. The molecule has 2 aromatic carbocycles. The van der Waals surface area contributed by atoms with Crippen LogP contribution >= 0.6 is 0 Å². The first-order chi connectivity index (χ1) is 14.0. The fraction of sp³-hybridized carbons (Fsp3) is 0.316. The van der Waals surface area contributed by atoms with E-state index in [1.54, 1.807) is 24.3 Å². The lowest BCUT2D eigenvalue weighted by Gasteiger charge is -2.26. The third-order valence-electron chi connectivity index (χ3n) is 4.38. The number of nitrogens with one attached hydrogen (secondary N) is 2. The molecule has 2 N–H and O–H groups in total. The molecule has 156 valence electrons. The zero-order chi connectivity index (χ0) is 20.9. The SMILES string of the molecule is COc1ccccc1NC(=O)Nc1cc(S(=O)(=O)N2CCOCC2)ccc1OC. The molecule has 1 heterocycles. The Morgan fingerprint density at radius 2 is 1.59 bits per heavy atom. The van der Waals surface area contributed by atoms with E-state index in [-0.39, 0.29) is 23.7 Å². The fourth-order valence-corrected chi connectivity index (χ4v) is 4.34. The molecule has 0 aliphatic carbocycles. The minimum Gasteiger partial charge on any atom is -0.495 e. The summed E-state index contributed by atoms with van der Waals surface area (Å²) in [6.07, 6.45) is 0. The number of ether oxygens (including phenoxy) is 3. The largest absolute Gasteiger partial charge is 0.495 e. The molecule has 0 unspecified atom stereocenters. The van der Waals surface area contributed by atoms with E-state index in [4.69, 9.17) is 14.2 Å². The van der Waals surface area contributed by atoms with Gasteiger partial charge in [0.15, 0.2) is 0 Å². The molecule has 0 aromatic heterocycles. The van der Waals surface area contributed by atoms with Crippen LogP contribution in [0.2, 0.25) is 0 Å². The molecular weight excluding hydrogens is 398 g/mol. The van der Waals surface area contributed by atoms with Crippen molar-refractivity contribution in [3.8, 4) is 11.5 Å². The predicted octanol–water partition coefficient (Wildman–Crippen LogP) is 2.37. The number of benzene rings is 2. The Morgan fingerprint density at radius 3 is 2.28 bits per heavy atom. The van der Waals surface area contributed by atoms with Gasteiger partial charge in [0.05, 0.1) is 43.7 Å². The number of urea groups is 1. The molecule has 2 amide bonds. The Bertz CT molecular complexity index is 974. The van der Waals surface area contributed by atoms with Crippen molar-refractivity contribution in [1.82, 2.24) is 4.31 Å². The van der Waals surface area contributed by atoms with E-state index < -0.39 is 16.1 Å². The predicted molar refractivity (Wildman–Crippen MR) is 108 cm³/mol. The number of anilines is 2. The fourth-order valence-electron chi connectivity index (χ4n) is 2.91. The van der Waals surface area contributed by atoms with Gasteiger partial charge in [-0.15, -0.1) is 0 Å². The molecule has 1 saturated heterocycles. The van der Waals surface area contributed by atoms with Crippen LogP contribution in [0.25, 0.3) is 0 Å². The van der Waals surface area contributed by atoms with Gasteiger partial charge in [-0.2, -0.15) is 4.31 Å². The standard InChI is InChI=1S/C19H23N3O6S/c1-26-17-6-4-3-5-15(17)20-19(23)21-16-13-14(7-8-18(16)27-2)29(24,25)22-9-11-28-12-10-22/h3-8,13H,9-12H2,1-2H3,(H2,20,21,23). The van der Waals surface area contributed by atoms with Crippen molar-refractivity contribution in [3.63, 3.8) is 0 Å². The molecular formula is C19H23N3O6S. The zero-order valence-corrected chi connectivity index (χ0v) is 17.0. The van der Waals surface area contributed by atoms with E-state index in [0.717, 1.165) is 0 Å². The van der Waals surface area contributed by atoms with Crippen molar-refractivity contribution in [2.45, 2.75) is 4.90 Å². The molecule has 3 rings (SSSR count). The molecule has 1 aliphatic rings. The normalized spacial score (nSPS) is 14.8. The van der Waals surface area contributed by atoms with E-state index >= 15 is 0 Å². The summed E-state index contributed by atoms with van der Waals surface area (Å²) in [6, 6.07) is 10.7.